The third-order valence-corrected chi connectivity index (χ3v) is 3.76. The van der Waals surface area contributed by atoms with E-state index in [1.807, 2.05) is 12.1 Å². The fraction of sp³-hybridized carbons (Fsp3) is 0.688. The zero-order chi connectivity index (χ0) is 14.8. The number of nitrogens with one attached hydrogen (secondary N) is 1. The second-order valence-electron chi connectivity index (χ2n) is 5.59. The molecule has 21 heavy (non-hydrogen) atoms. The summed E-state index contributed by atoms with van der Waals surface area (Å²) in [5.74, 6) is 1.43. The SMILES string of the molecule is NC(=NCCCOCc1ccco1)NC1CCCCCC1. The summed E-state index contributed by atoms with van der Waals surface area (Å²) in [5, 5.41) is 3.34. The van der Waals surface area contributed by atoms with Crippen LogP contribution in [0.1, 0.15) is 50.7 Å². The van der Waals surface area contributed by atoms with Gasteiger partial charge in [-0.15, -0.1) is 0 Å². The van der Waals surface area contributed by atoms with Crippen LogP contribution in [0.5, 0.6) is 0 Å². The van der Waals surface area contributed by atoms with E-state index >= 15 is 0 Å². The first-order chi connectivity index (χ1) is 10.3. The Morgan fingerprint density at radius 2 is 2.14 bits per heavy atom. The minimum absolute atomic E-state index is 0.506. The minimum Gasteiger partial charge on any atom is -0.467 e. The Balaban J connectivity index is 1.53. The van der Waals surface area contributed by atoms with Gasteiger partial charge >= 0.3 is 0 Å². The van der Waals surface area contributed by atoms with Crippen molar-refractivity contribution in [1.29, 1.82) is 0 Å². The topological polar surface area (TPSA) is 72.8 Å². The molecule has 0 amide bonds. The van der Waals surface area contributed by atoms with Crippen molar-refractivity contribution in [3.63, 3.8) is 0 Å². The van der Waals surface area contributed by atoms with Crippen LogP contribution in [0.15, 0.2) is 27.8 Å². The second kappa shape index (κ2) is 9.45. The number of nitrogens with two attached hydrogens (primary N) is 1. The van der Waals surface area contributed by atoms with Crippen molar-refractivity contribution in [2.24, 2.45) is 10.7 Å². The van der Waals surface area contributed by atoms with Gasteiger partial charge in [0.1, 0.15) is 12.4 Å². The number of rotatable bonds is 7. The lowest BCUT2D eigenvalue weighted by Gasteiger charge is -2.16. The highest BCUT2D eigenvalue weighted by Crippen LogP contribution is 2.16. The fourth-order valence-electron chi connectivity index (χ4n) is 2.61. The van der Waals surface area contributed by atoms with E-state index in [0.717, 1.165) is 12.2 Å². The molecule has 0 bridgehead atoms. The molecule has 118 valence electrons. The third kappa shape index (κ3) is 6.67. The highest BCUT2D eigenvalue weighted by Gasteiger charge is 2.11. The maximum absolute atomic E-state index is 5.93. The first-order valence-electron chi connectivity index (χ1n) is 8.01. The van der Waals surface area contributed by atoms with Gasteiger partial charge in [-0.05, 0) is 31.4 Å². The zero-order valence-corrected chi connectivity index (χ0v) is 12.7. The standard InChI is InChI=1S/C16H27N3O2/c17-16(19-14-7-3-1-2-4-8-14)18-10-6-11-20-13-15-9-5-12-21-15/h5,9,12,14H,1-4,6-8,10-11,13H2,(H3,17,18,19). The number of ether oxygens (including phenoxy) is 1. The van der Waals surface area contributed by atoms with Gasteiger partial charge < -0.3 is 20.2 Å². The average molecular weight is 293 g/mol. The minimum atomic E-state index is 0.506. The molecule has 0 unspecified atom stereocenters. The molecule has 1 heterocycles. The lowest BCUT2D eigenvalue weighted by Crippen LogP contribution is -2.39. The predicted molar refractivity (Wildman–Crippen MR) is 84.1 cm³/mol. The molecule has 0 saturated heterocycles. The molecule has 0 spiro atoms. The maximum atomic E-state index is 5.93. The van der Waals surface area contributed by atoms with E-state index in [-0.39, 0.29) is 0 Å². The molecule has 0 aromatic carbocycles. The molecule has 1 aliphatic rings. The largest absolute Gasteiger partial charge is 0.467 e. The summed E-state index contributed by atoms with van der Waals surface area (Å²) in [6.07, 6.45) is 10.2. The highest BCUT2D eigenvalue weighted by atomic mass is 16.5. The van der Waals surface area contributed by atoms with Gasteiger partial charge in [0.15, 0.2) is 5.96 Å². The van der Waals surface area contributed by atoms with Crippen molar-refractivity contribution in [1.82, 2.24) is 5.32 Å². The molecule has 5 nitrogen and oxygen atoms in total. The number of aliphatic imine (C=N–C) groups is 1. The fourth-order valence-corrected chi connectivity index (χ4v) is 2.61. The molecule has 1 saturated carbocycles. The summed E-state index contributed by atoms with van der Waals surface area (Å²) in [5.41, 5.74) is 5.93. The normalized spacial score (nSPS) is 17.6. The summed E-state index contributed by atoms with van der Waals surface area (Å²) in [7, 11) is 0. The average Bonchev–Trinajstić information content (AvgIpc) is 2.87. The Bertz CT molecular complexity index is 396. The van der Waals surface area contributed by atoms with Crippen LogP contribution in [0.3, 0.4) is 0 Å². The van der Waals surface area contributed by atoms with Crippen LogP contribution in [0.4, 0.5) is 0 Å². The van der Waals surface area contributed by atoms with E-state index in [2.05, 4.69) is 10.3 Å². The van der Waals surface area contributed by atoms with Gasteiger partial charge in [0.05, 0.1) is 6.26 Å². The molecule has 0 atom stereocenters. The number of furan rings is 1. The first kappa shape index (κ1) is 15.9. The summed E-state index contributed by atoms with van der Waals surface area (Å²) in [6.45, 7) is 1.89. The summed E-state index contributed by atoms with van der Waals surface area (Å²) in [4.78, 5) is 4.36. The van der Waals surface area contributed by atoms with E-state index in [9.17, 15) is 0 Å². The predicted octanol–water partition coefficient (Wildman–Crippen LogP) is 2.81. The number of guanidine groups is 1. The number of nitrogens with zero attached hydrogens (tertiary/aromatic N) is 1. The van der Waals surface area contributed by atoms with Gasteiger partial charge in [0, 0.05) is 19.2 Å². The summed E-state index contributed by atoms with van der Waals surface area (Å²) >= 11 is 0. The van der Waals surface area contributed by atoms with Crippen molar-refractivity contribution >= 4 is 5.96 Å². The lowest BCUT2D eigenvalue weighted by atomic mass is 10.1. The van der Waals surface area contributed by atoms with Crippen molar-refractivity contribution in [3.8, 4) is 0 Å². The second-order valence-corrected chi connectivity index (χ2v) is 5.59. The van der Waals surface area contributed by atoms with Gasteiger partial charge in [0.25, 0.3) is 0 Å². The van der Waals surface area contributed by atoms with Crippen molar-refractivity contribution in [2.75, 3.05) is 13.2 Å². The first-order valence-corrected chi connectivity index (χ1v) is 8.01. The Morgan fingerprint density at radius 1 is 1.33 bits per heavy atom. The van der Waals surface area contributed by atoms with Crippen LogP contribution in [0, 0.1) is 0 Å². The molecule has 3 N–H and O–H groups in total. The van der Waals surface area contributed by atoms with Gasteiger partial charge in [-0.25, -0.2) is 0 Å². The molecule has 1 aliphatic carbocycles. The smallest absolute Gasteiger partial charge is 0.188 e. The Labute approximate surface area is 126 Å². The Morgan fingerprint density at radius 3 is 2.86 bits per heavy atom. The van der Waals surface area contributed by atoms with E-state index in [0.29, 0.717) is 31.8 Å². The van der Waals surface area contributed by atoms with Gasteiger partial charge in [-0.2, -0.15) is 0 Å². The van der Waals surface area contributed by atoms with E-state index < -0.39 is 0 Å². The van der Waals surface area contributed by atoms with Gasteiger partial charge in [-0.1, -0.05) is 25.7 Å². The van der Waals surface area contributed by atoms with E-state index in [1.54, 1.807) is 6.26 Å². The highest BCUT2D eigenvalue weighted by molar-refractivity contribution is 5.78. The molecule has 0 radical (unpaired) electrons. The molecule has 2 rings (SSSR count). The van der Waals surface area contributed by atoms with E-state index in [4.69, 9.17) is 14.9 Å². The quantitative estimate of drug-likeness (QED) is 0.351. The number of hydrogen-bond acceptors (Lipinski definition) is 3. The molecular weight excluding hydrogens is 266 g/mol. The van der Waals surface area contributed by atoms with Crippen LogP contribution >= 0.6 is 0 Å². The van der Waals surface area contributed by atoms with E-state index in [1.165, 1.54) is 38.5 Å². The molecule has 1 aromatic heterocycles. The molecule has 1 fully saturated rings. The Hall–Kier alpha value is -1.49. The third-order valence-electron chi connectivity index (χ3n) is 3.76. The van der Waals surface area contributed by atoms with Crippen molar-refractivity contribution in [3.05, 3.63) is 24.2 Å². The van der Waals surface area contributed by atoms with Crippen LogP contribution in [-0.4, -0.2) is 25.2 Å². The van der Waals surface area contributed by atoms with Gasteiger partial charge in [0.2, 0.25) is 0 Å². The van der Waals surface area contributed by atoms with Crippen LogP contribution in [0.2, 0.25) is 0 Å². The molecule has 0 aliphatic heterocycles. The van der Waals surface area contributed by atoms with Crippen LogP contribution < -0.4 is 11.1 Å². The van der Waals surface area contributed by atoms with Crippen molar-refractivity contribution < 1.29 is 9.15 Å². The van der Waals surface area contributed by atoms with Crippen LogP contribution in [0.25, 0.3) is 0 Å². The molecule has 1 aromatic rings. The van der Waals surface area contributed by atoms with Gasteiger partial charge in [-0.3, -0.25) is 4.99 Å². The number of hydrogen-bond donors (Lipinski definition) is 2. The summed E-state index contributed by atoms with van der Waals surface area (Å²) in [6, 6.07) is 4.28. The monoisotopic (exact) mass is 293 g/mol. The maximum Gasteiger partial charge on any atom is 0.188 e. The summed E-state index contributed by atoms with van der Waals surface area (Å²) < 4.78 is 10.7. The van der Waals surface area contributed by atoms with Crippen molar-refractivity contribution in [2.45, 2.75) is 57.6 Å². The zero-order valence-electron chi connectivity index (χ0n) is 12.7. The van der Waals surface area contributed by atoms with Crippen LogP contribution in [-0.2, 0) is 11.3 Å². The lowest BCUT2D eigenvalue weighted by molar-refractivity contribution is 0.105. The molecule has 5 heteroatoms. The Kier molecular flexibility index (Phi) is 7.15. The molecular formula is C16H27N3O2.